The number of nitrogens with zero attached hydrogens (tertiary/aromatic N) is 5. The number of ether oxygens (including phenoxy) is 1. The Balaban J connectivity index is 1.42. The molecule has 1 aromatic heterocycles. The van der Waals surface area contributed by atoms with Gasteiger partial charge in [0.25, 0.3) is 0 Å². The van der Waals surface area contributed by atoms with Crippen LogP contribution in [0.2, 0.25) is 0 Å². The maximum atomic E-state index is 13.9. The van der Waals surface area contributed by atoms with E-state index in [0.717, 1.165) is 35.3 Å². The van der Waals surface area contributed by atoms with Crippen LogP contribution in [0.1, 0.15) is 0 Å². The zero-order valence-electron chi connectivity index (χ0n) is 15.7. The third-order valence-corrected chi connectivity index (χ3v) is 6.96. The molecule has 156 valence electrons. The van der Waals surface area contributed by atoms with E-state index in [-0.39, 0.29) is 13.1 Å². The largest absolute Gasteiger partial charge is 0.378 e. The molecule has 2 saturated heterocycles. The normalized spacial score (nSPS) is 18.8. The van der Waals surface area contributed by atoms with E-state index in [4.69, 9.17) is 4.74 Å². The molecule has 0 amide bonds. The van der Waals surface area contributed by atoms with Gasteiger partial charge in [0.15, 0.2) is 11.6 Å². The van der Waals surface area contributed by atoms with Crippen molar-refractivity contribution in [2.45, 2.75) is 4.90 Å². The Morgan fingerprint density at radius 1 is 0.828 bits per heavy atom. The second-order valence-electron chi connectivity index (χ2n) is 6.82. The molecule has 0 unspecified atom stereocenters. The molecule has 8 nitrogen and oxygen atoms in total. The van der Waals surface area contributed by atoms with Gasteiger partial charge < -0.3 is 14.5 Å². The smallest absolute Gasteiger partial charge is 0.246 e. The van der Waals surface area contributed by atoms with E-state index in [1.807, 2.05) is 17.0 Å². The van der Waals surface area contributed by atoms with Crippen LogP contribution in [-0.2, 0) is 14.8 Å². The van der Waals surface area contributed by atoms with Crippen LogP contribution in [0.3, 0.4) is 0 Å². The molecule has 2 aliphatic rings. The highest BCUT2D eigenvalue weighted by atomic mass is 32.2. The highest BCUT2D eigenvalue weighted by molar-refractivity contribution is 7.89. The predicted octanol–water partition coefficient (Wildman–Crippen LogP) is 1.10. The lowest BCUT2D eigenvalue weighted by Crippen LogP contribution is -2.49. The van der Waals surface area contributed by atoms with Crippen LogP contribution in [0, 0.1) is 11.6 Å². The summed E-state index contributed by atoms with van der Waals surface area (Å²) in [6.07, 6.45) is 0. The van der Waals surface area contributed by atoms with E-state index in [0.29, 0.717) is 38.2 Å². The number of rotatable bonds is 4. The summed E-state index contributed by atoms with van der Waals surface area (Å²) in [5.41, 5.74) is 0. The Morgan fingerprint density at radius 3 is 2.00 bits per heavy atom. The van der Waals surface area contributed by atoms with Crippen molar-refractivity contribution in [3.8, 4) is 0 Å². The van der Waals surface area contributed by atoms with E-state index in [9.17, 15) is 17.2 Å². The summed E-state index contributed by atoms with van der Waals surface area (Å²) < 4.78 is 59.2. The lowest BCUT2D eigenvalue weighted by molar-refractivity contribution is 0.122. The van der Waals surface area contributed by atoms with Crippen molar-refractivity contribution in [3.05, 3.63) is 42.0 Å². The van der Waals surface area contributed by atoms with E-state index < -0.39 is 26.6 Å². The third-order valence-electron chi connectivity index (χ3n) is 5.05. The average Bonchev–Trinajstić information content (AvgIpc) is 2.76. The molecule has 0 aliphatic carbocycles. The molecule has 0 radical (unpaired) electrons. The van der Waals surface area contributed by atoms with Crippen LogP contribution < -0.4 is 9.80 Å². The number of sulfonamides is 1. The van der Waals surface area contributed by atoms with Crippen LogP contribution >= 0.6 is 0 Å². The maximum absolute atomic E-state index is 13.9. The molecule has 0 saturated carbocycles. The maximum Gasteiger partial charge on any atom is 0.246 e. The van der Waals surface area contributed by atoms with Crippen molar-refractivity contribution in [1.82, 2.24) is 14.5 Å². The summed E-state index contributed by atoms with van der Waals surface area (Å²) in [5.74, 6) is -0.325. The van der Waals surface area contributed by atoms with Gasteiger partial charge in [-0.2, -0.15) is 4.31 Å². The van der Waals surface area contributed by atoms with Crippen LogP contribution in [-0.4, -0.2) is 75.4 Å². The van der Waals surface area contributed by atoms with Crippen molar-refractivity contribution < 1.29 is 21.9 Å². The Bertz CT molecular complexity index is 960. The van der Waals surface area contributed by atoms with Crippen LogP contribution in [0.5, 0.6) is 0 Å². The standard InChI is InChI=1S/C18H21F2N5O3S/c19-14-1-2-15(20)16(13-14)29(26,27)25-7-5-23(6-8-25)17-3-4-18(22-21-17)24-9-11-28-12-10-24/h1-4,13H,5-12H2. The number of hydrogen-bond donors (Lipinski definition) is 0. The molecule has 3 heterocycles. The van der Waals surface area contributed by atoms with E-state index in [1.165, 1.54) is 0 Å². The molecule has 0 N–H and O–H groups in total. The molecule has 29 heavy (non-hydrogen) atoms. The Morgan fingerprint density at radius 2 is 1.41 bits per heavy atom. The number of aromatic nitrogens is 2. The van der Waals surface area contributed by atoms with Crippen molar-refractivity contribution in [3.63, 3.8) is 0 Å². The first-order valence-corrected chi connectivity index (χ1v) is 10.8. The first-order chi connectivity index (χ1) is 13.9. The summed E-state index contributed by atoms with van der Waals surface area (Å²) in [6.45, 7) is 3.89. The molecule has 2 fully saturated rings. The van der Waals surface area contributed by atoms with Gasteiger partial charge in [-0.3, -0.25) is 0 Å². The topological polar surface area (TPSA) is 78.9 Å². The van der Waals surface area contributed by atoms with E-state index >= 15 is 0 Å². The molecule has 1 aromatic carbocycles. The lowest BCUT2D eigenvalue weighted by Gasteiger charge is -2.34. The van der Waals surface area contributed by atoms with Crippen molar-refractivity contribution in [1.29, 1.82) is 0 Å². The molecule has 2 aliphatic heterocycles. The van der Waals surface area contributed by atoms with Crippen molar-refractivity contribution in [2.24, 2.45) is 0 Å². The van der Waals surface area contributed by atoms with Gasteiger partial charge in [-0.15, -0.1) is 10.2 Å². The van der Waals surface area contributed by atoms with Crippen LogP contribution in [0.15, 0.2) is 35.2 Å². The van der Waals surface area contributed by atoms with Gasteiger partial charge >= 0.3 is 0 Å². The predicted molar refractivity (Wildman–Crippen MR) is 102 cm³/mol. The fourth-order valence-electron chi connectivity index (χ4n) is 3.42. The SMILES string of the molecule is O=S(=O)(c1cc(F)ccc1F)N1CCN(c2ccc(N3CCOCC3)nn2)CC1. The molecule has 11 heteroatoms. The number of benzene rings is 1. The zero-order chi connectivity index (χ0) is 20.4. The summed E-state index contributed by atoms with van der Waals surface area (Å²) in [6, 6.07) is 6.18. The summed E-state index contributed by atoms with van der Waals surface area (Å²) in [5, 5.41) is 8.53. The van der Waals surface area contributed by atoms with Gasteiger partial charge in [-0.05, 0) is 30.3 Å². The quantitative estimate of drug-likeness (QED) is 0.726. The molecular weight excluding hydrogens is 404 g/mol. The second-order valence-corrected chi connectivity index (χ2v) is 8.72. The minimum absolute atomic E-state index is 0.144. The van der Waals surface area contributed by atoms with Gasteiger partial charge in [0, 0.05) is 39.3 Å². The van der Waals surface area contributed by atoms with Gasteiger partial charge in [-0.1, -0.05) is 0 Å². The summed E-state index contributed by atoms with van der Waals surface area (Å²) in [4.78, 5) is 3.38. The fraction of sp³-hybridized carbons (Fsp3) is 0.444. The Labute approximate surface area is 167 Å². The number of morpholine rings is 1. The fourth-order valence-corrected chi connectivity index (χ4v) is 4.92. The highest BCUT2D eigenvalue weighted by Crippen LogP contribution is 2.23. The minimum atomic E-state index is -4.10. The highest BCUT2D eigenvalue weighted by Gasteiger charge is 2.31. The number of halogens is 2. The summed E-state index contributed by atoms with van der Waals surface area (Å²) >= 11 is 0. The van der Waals surface area contributed by atoms with E-state index in [1.54, 1.807) is 0 Å². The Hall–Kier alpha value is -2.37. The van der Waals surface area contributed by atoms with Crippen LogP contribution in [0.25, 0.3) is 0 Å². The zero-order valence-corrected chi connectivity index (χ0v) is 16.5. The lowest BCUT2D eigenvalue weighted by atomic mass is 10.3. The molecular formula is C18H21F2N5O3S. The third kappa shape index (κ3) is 4.16. The number of piperazine rings is 1. The van der Waals surface area contributed by atoms with Crippen LogP contribution in [0.4, 0.5) is 20.4 Å². The summed E-state index contributed by atoms with van der Waals surface area (Å²) in [7, 11) is -4.10. The van der Waals surface area contributed by atoms with Gasteiger partial charge in [0.1, 0.15) is 16.5 Å². The first-order valence-electron chi connectivity index (χ1n) is 9.32. The van der Waals surface area contributed by atoms with Gasteiger partial charge in [-0.25, -0.2) is 17.2 Å². The molecule has 4 rings (SSSR count). The number of hydrogen-bond acceptors (Lipinski definition) is 7. The monoisotopic (exact) mass is 425 g/mol. The van der Waals surface area contributed by atoms with Gasteiger partial charge in [0.05, 0.1) is 13.2 Å². The molecule has 0 atom stereocenters. The average molecular weight is 425 g/mol. The van der Waals surface area contributed by atoms with Crippen molar-refractivity contribution in [2.75, 3.05) is 62.3 Å². The minimum Gasteiger partial charge on any atom is -0.378 e. The molecule has 0 spiro atoms. The number of anilines is 2. The van der Waals surface area contributed by atoms with Crippen molar-refractivity contribution >= 4 is 21.7 Å². The first kappa shape index (κ1) is 19.9. The molecule has 2 aromatic rings. The Kier molecular flexibility index (Phi) is 5.61. The second kappa shape index (κ2) is 8.17. The van der Waals surface area contributed by atoms with E-state index in [2.05, 4.69) is 15.1 Å². The van der Waals surface area contributed by atoms with Gasteiger partial charge in [0.2, 0.25) is 10.0 Å². The molecule has 0 bridgehead atoms.